The van der Waals surface area contributed by atoms with Crippen LogP contribution in [-0.2, 0) is 10.0 Å². The normalized spacial score (nSPS) is 15.0. The molecule has 180 valence electrons. The number of rotatable bonds is 5. The maximum absolute atomic E-state index is 13.5. The van der Waals surface area contributed by atoms with Crippen molar-refractivity contribution < 1.29 is 13.2 Å². The smallest absolute Gasteiger partial charge is 0.274 e. The largest absolute Gasteiger partial charge is 0.337 e. The van der Waals surface area contributed by atoms with Crippen molar-refractivity contribution in [2.24, 2.45) is 0 Å². The predicted octanol–water partition coefficient (Wildman–Crippen LogP) is 4.96. The van der Waals surface area contributed by atoms with Gasteiger partial charge in [-0.05, 0) is 50.1 Å². The molecule has 1 aromatic heterocycles. The molecule has 2 aromatic carbocycles. The van der Waals surface area contributed by atoms with Crippen molar-refractivity contribution in [1.29, 1.82) is 0 Å². The summed E-state index contributed by atoms with van der Waals surface area (Å²) in [5, 5.41) is 6.17. The van der Waals surface area contributed by atoms with E-state index in [4.69, 9.17) is 34.8 Å². The van der Waals surface area contributed by atoms with Crippen LogP contribution in [0.3, 0.4) is 0 Å². The highest BCUT2D eigenvalue weighted by molar-refractivity contribution is 7.88. The second-order valence-electron chi connectivity index (χ2n) is 8.29. The third-order valence-electron chi connectivity index (χ3n) is 5.74. The van der Waals surface area contributed by atoms with Crippen LogP contribution >= 0.6 is 34.8 Å². The lowest BCUT2D eigenvalue weighted by atomic mass is 10.0. The lowest BCUT2D eigenvalue weighted by molar-refractivity contribution is 0.0704. The van der Waals surface area contributed by atoms with Gasteiger partial charge in [0.1, 0.15) is 0 Å². The summed E-state index contributed by atoms with van der Waals surface area (Å²) in [6.45, 7) is 2.70. The van der Waals surface area contributed by atoms with E-state index < -0.39 is 10.0 Å². The Morgan fingerprint density at radius 3 is 2.24 bits per heavy atom. The van der Waals surface area contributed by atoms with Gasteiger partial charge in [0.15, 0.2) is 5.69 Å². The Morgan fingerprint density at radius 2 is 1.65 bits per heavy atom. The van der Waals surface area contributed by atoms with E-state index in [1.165, 1.54) is 0 Å². The number of carbonyl (C=O) groups is 1. The maximum Gasteiger partial charge on any atom is 0.274 e. The predicted molar refractivity (Wildman–Crippen MR) is 136 cm³/mol. The van der Waals surface area contributed by atoms with E-state index in [0.717, 1.165) is 17.5 Å². The quantitative estimate of drug-likeness (QED) is 0.495. The molecular formula is C23H23Cl3N4O3S. The van der Waals surface area contributed by atoms with Gasteiger partial charge in [0, 0.05) is 40.3 Å². The van der Waals surface area contributed by atoms with Crippen molar-refractivity contribution in [2.45, 2.75) is 25.8 Å². The van der Waals surface area contributed by atoms with Crippen molar-refractivity contribution in [2.75, 3.05) is 19.3 Å². The van der Waals surface area contributed by atoms with E-state index >= 15 is 0 Å². The van der Waals surface area contributed by atoms with Crippen LogP contribution in [0.5, 0.6) is 0 Å². The van der Waals surface area contributed by atoms with Crippen LogP contribution in [0, 0.1) is 6.92 Å². The van der Waals surface area contributed by atoms with Crippen molar-refractivity contribution in [1.82, 2.24) is 19.4 Å². The highest BCUT2D eigenvalue weighted by Crippen LogP contribution is 2.33. The molecule has 11 heteroatoms. The van der Waals surface area contributed by atoms with Crippen molar-refractivity contribution in [3.8, 4) is 16.9 Å². The minimum atomic E-state index is -3.29. The topological polar surface area (TPSA) is 84.3 Å². The molecule has 0 atom stereocenters. The number of sulfonamides is 1. The molecule has 7 nitrogen and oxygen atoms in total. The fraction of sp³-hybridized carbons (Fsp3) is 0.304. The lowest BCUT2D eigenvalue weighted by Crippen LogP contribution is -2.46. The van der Waals surface area contributed by atoms with Crippen LogP contribution in [0.1, 0.15) is 28.9 Å². The Hall–Kier alpha value is -2.10. The van der Waals surface area contributed by atoms with E-state index in [1.54, 1.807) is 39.9 Å². The average molecular weight is 542 g/mol. The van der Waals surface area contributed by atoms with Gasteiger partial charge >= 0.3 is 0 Å². The highest BCUT2D eigenvalue weighted by atomic mass is 35.5. The number of piperidine rings is 1. The van der Waals surface area contributed by atoms with Crippen molar-refractivity contribution in [3.63, 3.8) is 0 Å². The molecule has 0 bridgehead atoms. The van der Waals surface area contributed by atoms with Gasteiger partial charge in [0.25, 0.3) is 5.91 Å². The third-order valence-corrected chi connectivity index (χ3v) is 7.29. The second-order valence-corrected chi connectivity index (χ2v) is 11.4. The number of nitrogens with zero attached hydrogens (tertiary/aromatic N) is 3. The van der Waals surface area contributed by atoms with Gasteiger partial charge in [-0.25, -0.2) is 17.8 Å². The number of benzene rings is 2. The summed E-state index contributed by atoms with van der Waals surface area (Å²) < 4.78 is 27.3. The third kappa shape index (κ3) is 5.42. The number of hydrogen-bond donors (Lipinski definition) is 1. The molecule has 0 saturated carbocycles. The Kier molecular flexibility index (Phi) is 7.26. The molecule has 1 saturated heterocycles. The first-order valence-corrected chi connectivity index (χ1v) is 13.6. The molecule has 0 aliphatic carbocycles. The zero-order valence-corrected chi connectivity index (χ0v) is 21.6. The average Bonchev–Trinajstić information content (AvgIpc) is 3.10. The van der Waals surface area contributed by atoms with Crippen LogP contribution in [-0.4, -0.2) is 54.4 Å². The molecule has 1 aliphatic heterocycles. The molecule has 0 radical (unpaired) electrons. The van der Waals surface area contributed by atoms with E-state index in [0.29, 0.717) is 57.9 Å². The lowest BCUT2D eigenvalue weighted by Gasteiger charge is -2.31. The molecule has 1 amide bonds. The zero-order valence-electron chi connectivity index (χ0n) is 18.6. The molecule has 1 fully saturated rings. The Labute approximate surface area is 213 Å². The molecule has 0 unspecified atom stereocenters. The SMILES string of the molecule is Cc1c(C(=O)N2CCC(NS(C)(=O)=O)CC2)nn(-c2ccc(Cl)cc2Cl)c1-c1ccc(Cl)cc1. The Balaban J connectivity index is 1.71. The van der Waals surface area contributed by atoms with Crippen LogP contribution in [0.25, 0.3) is 16.9 Å². The number of hydrogen-bond acceptors (Lipinski definition) is 4. The van der Waals surface area contributed by atoms with E-state index in [-0.39, 0.29) is 11.9 Å². The zero-order chi connectivity index (χ0) is 24.6. The Morgan fingerprint density at radius 1 is 1.03 bits per heavy atom. The number of aromatic nitrogens is 2. The van der Waals surface area contributed by atoms with Crippen LogP contribution in [0.4, 0.5) is 0 Å². The fourth-order valence-electron chi connectivity index (χ4n) is 4.13. The first-order valence-electron chi connectivity index (χ1n) is 10.6. The van der Waals surface area contributed by atoms with Crippen LogP contribution in [0.2, 0.25) is 15.1 Å². The summed E-state index contributed by atoms with van der Waals surface area (Å²) in [6, 6.07) is 12.2. The molecule has 3 aromatic rings. The summed E-state index contributed by atoms with van der Waals surface area (Å²) in [5.74, 6) is -0.214. The van der Waals surface area contributed by atoms with Crippen molar-refractivity contribution in [3.05, 3.63) is 68.8 Å². The summed E-state index contributed by atoms with van der Waals surface area (Å²) in [6.07, 6.45) is 2.21. The number of nitrogens with one attached hydrogen (secondary N) is 1. The number of amides is 1. The van der Waals surface area contributed by atoms with Crippen LogP contribution in [0.15, 0.2) is 42.5 Å². The van der Waals surface area contributed by atoms with Gasteiger partial charge in [-0.1, -0.05) is 46.9 Å². The number of likely N-dealkylation sites (tertiary alicyclic amines) is 1. The number of halogens is 3. The highest BCUT2D eigenvalue weighted by Gasteiger charge is 2.30. The van der Waals surface area contributed by atoms with Gasteiger partial charge in [-0.3, -0.25) is 4.79 Å². The van der Waals surface area contributed by atoms with Gasteiger partial charge in [0.05, 0.1) is 22.7 Å². The molecule has 2 heterocycles. The monoisotopic (exact) mass is 540 g/mol. The Bertz CT molecular complexity index is 1330. The van der Waals surface area contributed by atoms with Gasteiger partial charge < -0.3 is 4.90 Å². The standard InChI is InChI=1S/C23H23Cl3N4O3S/c1-14-21(23(31)29-11-9-18(10-12-29)28-34(2,32)33)27-30(20-8-7-17(25)13-19(20)26)22(14)15-3-5-16(24)6-4-15/h3-8,13,18,28H,9-12H2,1-2H3. The van der Waals surface area contributed by atoms with E-state index in [1.807, 2.05) is 19.1 Å². The minimum absolute atomic E-state index is 0.185. The molecule has 1 aliphatic rings. The summed E-state index contributed by atoms with van der Waals surface area (Å²) in [4.78, 5) is 15.2. The van der Waals surface area contributed by atoms with Crippen LogP contribution < -0.4 is 4.72 Å². The molecule has 0 spiro atoms. The first kappa shape index (κ1) is 25.0. The maximum atomic E-state index is 13.5. The summed E-state index contributed by atoms with van der Waals surface area (Å²) in [5.41, 5.74) is 3.16. The second kappa shape index (κ2) is 9.87. The molecule has 34 heavy (non-hydrogen) atoms. The van der Waals surface area contributed by atoms with Gasteiger partial charge in [-0.15, -0.1) is 0 Å². The van der Waals surface area contributed by atoms with Gasteiger partial charge in [0.2, 0.25) is 10.0 Å². The summed E-state index contributed by atoms with van der Waals surface area (Å²) >= 11 is 18.7. The van der Waals surface area contributed by atoms with Crippen molar-refractivity contribution >= 4 is 50.7 Å². The van der Waals surface area contributed by atoms with E-state index in [2.05, 4.69) is 9.82 Å². The molecule has 1 N–H and O–H groups in total. The number of carbonyl (C=O) groups excluding carboxylic acids is 1. The summed E-state index contributed by atoms with van der Waals surface area (Å²) in [7, 11) is -3.29. The minimum Gasteiger partial charge on any atom is -0.337 e. The molecular weight excluding hydrogens is 519 g/mol. The fourth-order valence-corrected chi connectivity index (χ4v) is 5.58. The molecule has 4 rings (SSSR count). The van der Waals surface area contributed by atoms with E-state index in [9.17, 15) is 13.2 Å². The van der Waals surface area contributed by atoms with Gasteiger partial charge in [-0.2, -0.15) is 5.10 Å². The first-order chi connectivity index (χ1) is 16.0.